The molecule has 114 valence electrons. The Hall–Kier alpha value is -0.620. The molecule has 0 fully saturated rings. The van der Waals surface area contributed by atoms with Gasteiger partial charge >= 0.3 is 0 Å². The number of rotatable bonds is 9. The number of benzene rings is 1. The molecule has 0 saturated carbocycles. The van der Waals surface area contributed by atoms with Gasteiger partial charge in [-0.1, -0.05) is 35.8 Å². The van der Waals surface area contributed by atoms with Crippen LogP contribution in [0.5, 0.6) is 5.75 Å². The van der Waals surface area contributed by atoms with Crippen molar-refractivity contribution in [3.8, 4) is 5.75 Å². The molecule has 0 bridgehead atoms. The molecule has 4 nitrogen and oxygen atoms in total. The number of ether oxygens (including phenoxy) is 1. The van der Waals surface area contributed by atoms with Crippen molar-refractivity contribution in [1.82, 2.24) is 5.32 Å². The van der Waals surface area contributed by atoms with Crippen LogP contribution in [-0.4, -0.2) is 42.1 Å². The standard InChI is InChI=1S/C15H24BrNO3/c1-11(2)6-13(9-18)17-8-14(19)10-20-15-5-3-4-12(16)7-15/h3-5,7,11,13-14,17-19H,6,8-10H2,1-2H3. The van der Waals surface area contributed by atoms with Crippen molar-refractivity contribution in [2.24, 2.45) is 5.92 Å². The Kier molecular flexibility index (Phi) is 8.14. The normalized spacial score (nSPS) is 14.3. The molecule has 0 amide bonds. The zero-order valence-corrected chi connectivity index (χ0v) is 13.6. The van der Waals surface area contributed by atoms with Crippen molar-refractivity contribution in [3.05, 3.63) is 28.7 Å². The SMILES string of the molecule is CC(C)CC(CO)NCC(O)COc1cccc(Br)c1. The molecule has 20 heavy (non-hydrogen) atoms. The van der Waals surface area contributed by atoms with Gasteiger partial charge in [-0.3, -0.25) is 0 Å². The molecule has 0 aromatic heterocycles. The highest BCUT2D eigenvalue weighted by Gasteiger charge is 2.12. The smallest absolute Gasteiger partial charge is 0.120 e. The van der Waals surface area contributed by atoms with E-state index in [4.69, 9.17) is 4.74 Å². The summed E-state index contributed by atoms with van der Waals surface area (Å²) in [5.74, 6) is 1.23. The number of hydrogen-bond acceptors (Lipinski definition) is 4. The van der Waals surface area contributed by atoms with Crippen LogP contribution in [0.3, 0.4) is 0 Å². The summed E-state index contributed by atoms with van der Waals surface area (Å²) in [5, 5.41) is 22.3. The minimum Gasteiger partial charge on any atom is -0.491 e. The Morgan fingerprint density at radius 1 is 1.35 bits per heavy atom. The fourth-order valence-corrected chi connectivity index (χ4v) is 2.28. The van der Waals surface area contributed by atoms with E-state index in [0.717, 1.165) is 16.6 Å². The van der Waals surface area contributed by atoms with Crippen molar-refractivity contribution >= 4 is 15.9 Å². The Labute approximate surface area is 129 Å². The lowest BCUT2D eigenvalue weighted by atomic mass is 10.0. The van der Waals surface area contributed by atoms with Crippen LogP contribution in [0.1, 0.15) is 20.3 Å². The summed E-state index contributed by atoms with van der Waals surface area (Å²) in [5.41, 5.74) is 0. The molecule has 1 aromatic carbocycles. The average molecular weight is 346 g/mol. The van der Waals surface area contributed by atoms with Crippen LogP contribution in [-0.2, 0) is 0 Å². The van der Waals surface area contributed by atoms with Crippen LogP contribution in [0.25, 0.3) is 0 Å². The quantitative estimate of drug-likeness (QED) is 0.642. The number of halogens is 1. The van der Waals surface area contributed by atoms with Crippen molar-refractivity contribution in [2.45, 2.75) is 32.4 Å². The van der Waals surface area contributed by atoms with Crippen LogP contribution in [0.2, 0.25) is 0 Å². The largest absolute Gasteiger partial charge is 0.491 e. The highest BCUT2D eigenvalue weighted by atomic mass is 79.9. The Morgan fingerprint density at radius 2 is 2.10 bits per heavy atom. The topological polar surface area (TPSA) is 61.7 Å². The predicted octanol–water partition coefficient (Wildman–Crippen LogP) is 2.19. The maximum absolute atomic E-state index is 9.88. The molecule has 0 saturated heterocycles. The average Bonchev–Trinajstić information content (AvgIpc) is 2.40. The van der Waals surface area contributed by atoms with E-state index in [-0.39, 0.29) is 19.3 Å². The Balaban J connectivity index is 2.27. The van der Waals surface area contributed by atoms with E-state index >= 15 is 0 Å². The van der Waals surface area contributed by atoms with Crippen LogP contribution in [0.4, 0.5) is 0 Å². The van der Waals surface area contributed by atoms with E-state index < -0.39 is 6.10 Å². The Bertz CT molecular complexity index is 387. The third-order valence-electron chi connectivity index (χ3n) is 2.86. The van der Waals surface area contributed by atoms with Crippen LogP contribution >= 0.6 is 15.9 Å². The van der Waals surface area contributed by atoms with E-state index in [9.17, 15) is 10.2 Å². The maximum atomic E-state index is 9.88. The maximum Gasteiger partial charge on any atom is 0.120 e. The van der Waals surface area contributed by atoms with Gasteiger partial charge in [0.1, 0.15) is 18.5 Å². The number of aliphatic hydroxyl groups is 2. The summed E-state index contributed by atoms with van der Waals surface area (Å²) in [7, 11) is 0. The molecule has 5 heteroatoms. The van der Waals surface area contributed by atoms with Crippen molar-refractivity contribution in [2.75, 3.05) is 19.8 Å². The third-order valence-corrected chi connectivity index (χ3v) is 3.35. The van der Waals surface area contributed by atoms with Gasteiger partial charge in [0.15, 0.2) is 0 Å². The molecule has 1 aromatic rings. The molecule has 2 atom stereocenters. The minimum absolute atomic E-state index is 0.0236. The number of aliphatic hydroxyl groups excluding tert-OH is 2. The molecule has 3 N–H and O–H groups in total. The summed E-state index contributed by atoms with van der Waals surface area (Å²) >= 11 is 3.37. The van der Waals surface area contributed by atoms with Gasteiger partial charge in [0.2, 0.25) is 0 Å². The second-order valence-corrected chi connectivity index (χ2v) is 6.26. The summed E-state index contributed by atoms with van der Waals surface area (Å²) < 4.78 is 6.46. The molecule has 0 spiro atoms. The summed E-state index contributed by atoms with van der Waals surface area (Å²) in [6, 6.07) is 7.53. The molecule has 1 rings (SSSR count). The number of hydrogen-bond donors (Lipinski definition) is 3. The van der Waals surface area contributed by atoms with Gasteiger partial charge in [-0.05, 0) is 30.5 Å². The predicted molar refractivity (Wildman–Crippen MR) is 84.0 cm³/mol. The van der Waals surface area contributed by atoms with Gasteiger partial charge in [0.05, 0.1) is 6.61 Å². The van der Waals surface area contributed by atoms with Crippen molar-refractivity contribution in [1.29, 1.82) is 0 Å². The third kappa shape index (κ3) is 7.24. The number of nitrogens with one attached hydrogen (secondary N) is 1. The summed E-state index contributed by atoms with van der Waals surface area (Å²) in [4.78, 5) is 0. The first-order chi connectivity index (χ1) is 9.51. The van der Waals surface area contributed by atoms with Gasteiger partial charge in [0.25, 0.3) is 0 Å². The molecule has 0 aliphatic carbocycles. The van der Waals surface area contributed by atoms with E-state index in [0.29, 0.717) is 12.5 Å². The zero-order valence-electron chi connectivity index (χ0n) is 12.1. The highest BCUT2D eigenvalue weighted by molar-refractivity contribution is 9.10. The first-order valence-corrected chi connectivity index (χ1v) is 7.71. The fourth-order valence-electron chi connectivity index (χ4n) is 1.90. The fraction of sp³-hybridized carbons (Fsp3) is 0.600. The summed E-state index contributed by atoms with van der Waals surface area (Å²) in [6.45, 7) is 4.93. The first kappa shape index (κ1) is 17.4. The summed E-state index contributed by atoms with van der Waals surface area (Å²) in [6.07, 6.45) is 0.283. The van der Waals surface area contributed by atoms with Gasteiger partial charge in [-0.2, -0.15) is 0 Å². The van der Waals surface area contributed by atoms with Crippen LogP contribution in [0, 0.1) is 5.92 Å². The van der Waals surface area contributed by atoms with E-state index in [2.05, 4.69) is 35.1 Å². The monoisotopic (exact) mass is 345 g/mol. The van der Waals surface area contributed by atoms with Crippen LogP contribution in [0.15, 0.2) is 28.7 Å². The van der Waals surface area contributed by atoms with Gasteiger partial charge in [-0.25, -0.2) is 0 Å². The first-order valence-electron chi connectivity index (χ1n) is 6.92. The van der Waals surface area contributed by atoms with Crippen LogP contribution < -0.4 is 10.1 Å². The molecule has 0 aliphatic rings. The van der Waals surface area contributed by atoms with E-state index in [1.54, 1.807) is 0 Å². The van der Waals surface area contributed by atoms with Crippen molar-refractivity contribution < 1.29 is 14.9 Å². The van der Waals surface area contributed by atoms with Gasteiger partial charge in [0, 0.05) is 17.1 Å². The lowest BCUT2D eigenvalue weighted by molar-refractivity contribution is 0.0981. The molecule has 0 aliphatic heterocycles. The minimum atomic E-state index is -0.602. The molecular weight excluding hydrogens is 322 g/mol. The van der Waals surface area contributed by atoms with E-state index in [1.165, 1.54) is 0 Å². The zero-order chi connectivity index (χ0) is 15.0. The molecule has 0 radical (unpaired) electrons. The lowest BCUT2D eigenvalue weighted by Gasteiger charge is -2.20. The lowest BCUT2D eigenvalue weighted by Crippen LogP contribution is -2.40. The van der Waals surface area contributed by atoms with Gasteiger partial charge < -0.3 is 20.3 Å². The van der Waals surface area contributed by atoms with E-state index in [1.807, 2.05) is 24.3 Å². The molecule has 0 heterocycles. The second-order valence-electron chi connectivity index (χ2n) is 5.34. The van der Waals surface area contributed by atoms with Crippen molar-refractivity contribution in [3.63, 3.8) is 0 Å². The molecular formula is C15H24BrNO3. The highest BCUT2D eigenvalue weighted by Crippen LogP contribution is 2.17. The molecule has 2 unspecified atom stereocenters. The van der Waals surface area contributed by atoms with Gasteiger partial charge in [-0.15, -0.1) is 0 Å². The Morgan fingerprint density at radius 3 is 2.70 bits per heavy atom. The second kappa shape index (κ2) is 9.34.